The van der Waals surface area contributed by atoms with Crippen LogP contribution in [0.25, 0.3) is 0 Å². The van der Waals surface area contributed by atoms with E-state index in [1.165, 1.54) is 5.56 Å². The van der Waals surface area contributed by atoms with Gasteiger partial charge in [0.2, 0.25) is 0 Å². The maximum atomic E-state index is 12.5. The van der Waals surface area contributed by atoms with Crippen LogP contribution in [-0.2, 0) is 0 Å². The molecule has 1 unspecified atom stereocenters. The standard InChI is InChI=1S/C19H21N3OSe/c1-13-7-6-10-17(15(13)3)22-18-9-5-4-8-16(18)19(23)21-11-14(2)24-12-20/h4-10,14,22H,11H2,1-3H3,(H,21,23). The van der Waals surface area contributed by atoms with Gasteiger partial charge in [0.25, 0.3) is 0 Å². The molecule has 0 fully saturated rings. The van der Waals surface area contributed by atoms with E-state index in [0.29, 0.717) is 12.1 Å². The van der Waals surface area contributed by atoms with Crippen LogP contribution in [0, 0.1) is 24.1 Å². The van der Waals surface area contributed by atoms with Crippen molar-refractivity contribution in [3.05, 3.63) is 59.2 Å². The summed E-state index contributed by atoms with van der Waals surface area (Å²) < 4.78 is 0. The van der Waals surface area contributed by atoms with Gasteiger partial charge in [0.1, 0.15) is 0 Å². The van der Waals surface area contributed by atoms with Crippen molar-refractivity contribution in [1.82, 2.24) is 5.32 Å². The van der Waals surface area contributed by atoms with E-state index in [-0.39, 0.29) is 25.7 Å². The molecule has 2 N–H and O–H groups in total. The first-order valence-corrected chi connectivity index (χ1v) is 9.62. The average molecular weight is 386 g/mol. The molecule has 0 aliphatic carbocycles. The molecule has 2 rings (SSSR count). The summed E-state index contributed by atoms with van der Waals surface area (Å²) in [4.78, 5) is 14.9. The fourth-order valence-corrected chi connectivity index (χ4v) is 3.01. The normalized spacial score (nSPS) is 11.4. The van der Waals surface area contributed by atoms with Crippen LogP contribution in [0.5, 0.6) is 0 Å². The van der Waals surface area contributed by atoms with Crippen molar-refractivity contribution < 1.29 is 4.79 Å². The molecule has 5 heteroatoms. The quantitative estimate of drug-likeness (QED) is 0.743. The van der Waals surface area contributed by atoms with Gasteiger partial charge in [-0.1, -0.05) is 0 Å². The average Bonchev–Trinajstić information content (AvgIpc) is 2.57. The van der Waals surface area contributed by atoms with Crippen LogP contribution in [0.3, 0.4) is 0 Å². The number of hydrogen-bond acceptors (Lipinski definition) is 3. The number of benzene rings is 2. The molecule has 0 saturated heterocycles. The van der Waals surface area contributed by atoms with Gasteiger partial charge in [0.15, 0.2) is 0 Å². The number of aryl methyl sites for hydroxylation is 1. The van der Waals surface area contributed by atoms with Crippen molar-refractivity contribution in [3.63, 3.8) is 0 Å². The number of amides is 1. The van der Waals surface area contributed by atoms with Crippen molar-refractivity contribution in [2.45, 2.75) is 25.6 Å². The van der Waals surface area contributed by atoms with Gasteiger partial charge in [0.05, 0.1) is 0 Å². The fraction of sp³-hybridized carbons (Fsp3) is 0.263. The summed E-state index contributed by atoms with van der Waals surface area (Å²) in [5.74, 6) is -0.121. The van der Waals surface area contributed by atoms with E-state index in [1.807, 2.05) is 43.3 Å². The van der Waals surface area contributed by atoms with Crippen LogP contribution < -0.4 is 10.6 Å². The van der Waals surface area contributed by atoms with Crippen LogP contribution in [0.4, 0.5) is 11.4 Å². The molecular formula is C19H21N3OSe. The monoisotopic (exact) mass is 387 g/mol. The molecule has 2 aromatic rings. The van der Waals surface area contributed by atoms with E-state index in [2.05, 4.69) is 35.5 Å². The summed E-state index contributed by atoms with van der Waals surface area (Å²) in [6.45, 7) is 6.62. The summed E-state index contributed by atoms with van der Waals surface area (Å²) in [5, 5.41) is 15.0. The van der Waals surface area contributed by atoms with Gasteiger partial charge in [-0.2, -0.15) is 0 Å². The molecule has 1 atom stereocenters. The topological polar surface area (TPSA) is 64.9 Å². The van der Waals surface area contributed by atoms with Gasteiger partial charge in [-0.15, -0.1) is 0 Å². The molecule has 0 radical (unpaired) electrons. The maximum absolute atomic E-state index is 12.5. The van der Waals surface area contributed by atoms with Gasteiger partial charge >= 0.3 is 149 Å². The third kappa shape index (κ3) is 4.61. The number of anilines is 2. The number of carbonyl (C=O) groups excluding carboxylic acids is 1. The molecule has 0 bridgehead atoms. The number of carbonyl (C=O) groups is 1. The van der Waals surface area contributed by atoms with Crippen molar-refractivity contribution in [2.75, 3.05) is 11.9 Å². The third-order valence-electron chi connectivity index (χ3n) is 3.85. The van der Waals surface area contributed by atoms with Gasteiger partial charge < -0.3 is 0 Å². The van der Waals surface area contributed by atoms with Crippen molar-refractivity contribution >= 4 is 32.2 Å². The summed E-state index contributed by atoms with van der Waals surface area (Å²) in [5.41, 5.74) is 4.75. The number of nitriles is 1. The Labute approximate surface area is 149 Å². The minimum atomic E-state index is -0.121. The van der Waals surface area contributed by atoms with Crippen LogP contribution in [0.1, 0.15) is 28.4 Å². The summed E-state index contributed by atoms with van der Waals surface area (Å²) >= 11 is -0.107. The molecule has 4 nitrogen and oxygen atoms in total. The summed E-state index contributed by atoms with van der Waals surface area (Å²) in [7, 11) is 0. The van der Waals surface area contributed by atoms with Crippen LogP contribution in [0.15, 0.2) is 42.5 Å². The molecule has 24 heavy (non-hydrogen) atoms. The molecule has 0 aromatic heterocycles. The van der Waals surface area contributed by atoms with Gasteiger partial charge in [-0.25, -0.2) is 0 Å². The van der Waals surface area contributed by atoms with E-state index in [0.717, 1.165) is 16.9 Å². The van der Waals surface area contributed by atoms with E-state index < -0.39 is 0 Å². The summed E-state index contributed by atoms with van der Waals surface area (Å²) in [6.07, 6.45) is 0. The second kappa shape index (κ2) is 8.54. The van der Waals surface area contributed by atoms with Gasteiger partial charge in [-0.05, 0) is 0 Å². The minimum absolute atomic E-state index is 0.107. The first-order chi connectivity index (χ1) is 11.5. The Morgan fingerprint density at radius 1 is 1.17 bits per heavy atom. The SMILES string of the molecule is Cc1cccc(Nc2ccccc2C(=O)NCC(C)[Se]C#N)c1C. The zero-order valence-corrected chi connectivity index (χ0v) is 15.8. The number of nitrogens with one attached hydrogen (secondary N) is 2. The molecule has 0 heterocycles. The molecule has 124 valence electrons. The Bertz CT molecular complexity index is 767. The first-order valence-electron chi connectivity index (χ1n) is 7.78. The molecule has 1 amide bonds. The summed E-state index contributed by atoms with van der Waals surface area (Å²) in [6, 6.07) is 13.5. The van der Waals surface area contributed by atoms with Gasteiger partial charge in [-0.3, -0.25) is 0 Å². The Kier molecular flexibility index (Phi) is 6.43. The predicted molar refractivity (Wildman–Crippen MR) is 98.8 cm³/mol. The molecular weight excluding hydrogens is 365 g/mol. The van der Waals surface area contributed by atoms with Crippen LogP contribution in [0.2, 0.25) is 4.82 Å². The molecule has 2 aromatic carbocycles. The number of rotatable bonds is 6. The Morgan fingerprint density at radius 2 is 1.88 bits per heavy atom. The van der Waals surface area contributed by atoms with E-state index in [9.17, 15) is 4.79 Å². The predicted octanol–water partition coefficient (Wildman–Crippen LogP) is 3.77. The molecule has 0 aliphatic rings. The molecule has 0 aliphatic heterocycles. The zero-order chi connectivity index (χ0) is 17.5. The van der Waals surface area contributed by atoms with Crippen molar-refractivity contribution in [1.29, 1.82) is 5.26 Å². The van der Waals surface area contributed by atoms with Crippen LogP contribution >= 0.6 is 0 Å². The Morgan fingerprint density at radius 3 is 2.62 bits per heavy atom. The fourth-order valence-electron chi connectivity index (χ4n) is 2.29. The third-order valence-corrected chi connectivity index (χ3v) is 5.26. The Hall–Kier alpha value is -2.28. The number of nitrogens with zero attached hydrogens (tertiary/aromatic N) is 1. The number of para-hydroxylation sites is 1. The first kappa shape index (κ1) is 18.1. The molecule has 0 saturated carbocycles. The van der Waals surface area contributed by atoms with E-state index in [4.69, 9.17) is 5.26 Å². The zero-order valence-electron chi connectivity index (χ0n) is 14.1. The van der Waals surface area contributed by atoms with E-state index in [1.54, 1.807) is 0 Å². The molecule has 0 spiro atoms. The van der Waals surface area contributed by atoms with Gasteiger partial charge in [0, 0.05) is 0 Å². The Balaban J connectivity index is 2.17. The second-order valence-corrected chi connectivity index (χ2v) is 8.21. The second-order valence-electron chi connectivity index (χ2n) is 5.65. The van der Waals surface area contributed by atoms with Crippen molar-refractivity contribution in [3.8, 4) is 4.97 Å². The van der Waals surface area contributed by atoms with Crippen molar-refractivity contribution in [2.24, 2.45) is 0 Å². The van der Waals surface area contributed by atoms with E-state index >= 15 is 0 Å². The number of hydrogen-bond donors (Lipinski definition) is 2. The van der Waals surface area contributed by atoms with Crippen LogP contribution in [-0.4, -0.2) is 27.4 Å².